The second-order valence-electron chi connectivity index (χ2n) is 4.49. The molecule has 0 aliphatic carbocycles. The van der Waals surface area contributed by atoms with E-state index in [-0.39, 0.29) is 18.6 Å². The molecule has 0 atom stereocenters. The Bertz CT molecular complexity index is 565. The summed E-state index contributed by atoms with van der Waals surface area (Å²) >= 11 is 1.68. The van der Waals surface area contributed by atoms with Crippen molar-refractivity contribution in [2.24, 2.45) is 0 Å². The summed E-state index contributed by atoms with van der Waals surface area (Å²) < 4.78 is 6.21. The largest absolute Gasteiger partial charge is 0.465 e. The van der Waals surface area contributed by atoms with Crippen molar-refractivity contribution < 1.29 is 9.53 Å². The first-order valence-corrected chi connectivity index (χ1v) is 7.26. The minimum atomic E-state index is -0.217. The summed E-state index contributed by atoms with van der Waals surface area (Å²) in [5.74, 6) is 0.632. The van der Waals surface area contributed by atoms with Gasteiger partial charge >= 0.3 is 5.97 Å². The summed E-state index contributed by atoms with van der Waals surface area (Å²) in [5.41, 5.74) is 0. The van der Waals surface area contributed by atoms with Crippen molar-refractivity contribution in [1.29, 1.82) is 0 Å². The highest BCUT2D eigenvalue weighted by Crippen LogP contribution is 2.29. The molecule has 2 aromatic heterocycles. The molecule has 0 amide bonds. The van der Waals surface area contributed by atoms with Gasteiger partial charge in [0.25, 0.3) is 0 Å². The molecule has 0 aliphatic rings. The normalized spacial score (nSPS) is 10.9. The fourth-order valence-electron chi connectivity index (χ4n) is 1.96. The van der Waals surface area contributed by atoms with E-state index in [1.807, 2.05) is 43.2 Å². The van der Waals surface area contributed by atoms with Crippen LogP contribution in [0.5, 0.6) is 0 Å². The summed E-state index contributed by atoms with van der Waals surface area (Å²) in [7, 11) is 0. The Balaban J connectivity index is 2.33. The van der Waals surface area contributed by atoms with Crippen LogP contribution in [0.3, 0.4) is 0 Å². The third-order valence-corrected chi connectivity index (χ3v) is 3.74. The first-order chi connectivity index (χ1) is 9.13. The van der Waals surface area contributed by atoms with Gasteiger partial charge in [0, 0.05) is 22.3 Å². The second kappa shape index (κ2) is 6.02. The van der Waals surface area contributed by atoms with E-state index in [0.717, 1.165) is 11.2 Å². The number of aromatic nitrogens is 1. The third kappa shape index (κ3) is 3.04. The Kier molecular flexibility index (Phi) is 4.37. The standard InChI is InChI=1S/C14H18N2O2S/c1-4-18-13(17)9-16(10(2)3)14-11-6-8-19-12(11)5-7-15-14/h5-8,10H,4,9H2,1-3H3. The Morgan fingerprint density at radius 1 is 1.47 bits per heavy atom. The number of hydrogen-bond acceptors (Lipinski definition) is 5. The summed E-state index contributed by atoms with van der Waals surface area (Å²) in [5, 5.41) is 3.13. The molecule has 2 heterocycles. The Morgan fingerprint density at radius 2 is 2.26 bits per heavy atom. The number of rotatable bonds is 5. The summed E-state index contributed by atoms with van der Waals surface area (Å²) in [4.78, 5) is 18.1. The van der Waals surface area contributed by atoms with Crippen LogP contribution in [0.1, 0.15) is 20.8 Å². The predicted molar refractivity (Wildman–Crippen MR) is 78.7 cm³/mol. The van der Waals surface area contributed by atoms with Gasteiger partial charge < -0.3 is 9.64 Å². The van der Waals surface area contributed by atoms with Crippen molar-refractivity contribution in [3.8, 4) is 0 Å². The molecule has 2 rings (SSSR count). The van der Waals surface area contributed by atoms with Gasteiger partial charge in [-0.1, -0.05) is 0 Å². The smallest absolute Gasteiger partial charge is 0.325 e. The SMILES string of the molecule is CCOC(=O)CN(c1nccc2sccc12)C(C)C. The molecule has 4 nitrogen and oxygen atoms in total. The number of pyridine rings is 1. The lowest BCUT2D eigenvalue weighted by Crippen LogP contribution is -2.37. The van der Waals surface area contributed by atoms with Gasteiger partial charge in [0.15, 0.2) is 0 Å². The molecular weight excluding hydrogens is 260 g/mol. The average molecular weight is 278 g/mol. The molecule has 102 valence electrons. The third-order valence-electron chi connectivity index (χ3n) is 2.86. The highest BCUT2D eigenvalue weighted by Gasteiger charge is 2.19. The van der Waals surface area contributed by atoms with Crippen LogP contribution >= 0.6 is 11.3 Å². The zero-order chi connectivity index (χ0) is 13.8. The molecule has 0 radical (unpaired) electrons. The van der Waals surface area contributed by atoms with Gasteiger partial charge in [0.05, 0.1) is 6.61 Å². The molecule has 0 saturated carbocycles. The monoisotopic (exact) mass is 278 g/mol. The minimum Gasteiger partial charge on any atom is -0.465 e. The van der Waals surface area contributed by atoms with Crippen molar-refractivity contribution in [3.05, 3.63) is 23.7 Å². The first-order valence-electron chi connectivity index (χ1n) is 6.38. The number of nitrogens with zero attached hydrogens (tertiary/aromatic N) is 2. The molecule has 0 aromatic carbocycles. The molecule has 0 aliphatic heterocycles. The fraction of sp³-hybridized carbons (Fsp3) is 0.429. The molecule has 5 heteroatoms. The van der Waals surface area contributed by atoms with Crippen molar-refractivity contribution >= 4 is 33.2 Å². The Morgan fingerprint density at radius 3 is 2.95 bits per heavy atom. The van der Waals surface area contributed by atoms with Crippen molar-refractivity contribution in [2.75, 3.05) is 18.1 Å². The molecule has 0 bridgehead atoms. The lowest BCUT2D eigenvalue weighted by molar-refractivity contribution is -0.141. The van der Waals surface area contributed by atoms with Gasteiger partial charge in [0.1, 0.15) is 12.4 Å². The molecule has 0 N–H and O–H groups in total. The van der Waals surface area contributed by atoms with Gasteiger partial charge in [-0.3, -0.25) is 4.79 Å². The van der Waals surface area contributed by atoms with Crippen LogP contribution in [0.25, 0.3) is 10.1 Å². The Hall–Kier alpha value is -1.62. The molecule has 0 fully saturated rings. The lowest BCUT2D eigenvalue weighted by Gasteiger charge is -2.27. The number of carbonyl (C=O) groups is 1. The zero-order valence-electron chi connectivity index (χ0n) is 11.4. The number of ether oxygens (including phenoxy) is 1. The van der Waals surface area contributed by atoms with Crippen LogP contribution in [0.15, 0.2) is 23.7 Å². The molecule has 19 heavy (non-hydrogen) atoms. The van der Waals surface area contributed by atoms with E-state index in [9.17, 15) is 4.79 Å². The summed E-state index contributed by atoms with van der Waals surface area (Å²) in [6.07, 6.45) is 1.79. The fourth-order valence-corrected chi connectivity index (χ4v) is 2.73. The van der Waals surface area contributed by atoms with Gasteiger partial charge in [-0.2, -0.15) is 0 Å². The van der Waals surface area contributed by atoms with Crippen LogP contribution in [-0.4, -0.2) is 30.1 Å². The van der Waals surface area contributed by atoms with Gasteiger partial charge in [-0.05, 0) is 38.3 Å². The predicted octanol–water partition coefficient (Wildman–Crippen LogP) is 3.07. The summed E-state index contributed by atoms with van der Waals surface area (Å²) in [6.45, 7) is 6.54. The van der Waals surface area contributed by atoms with E-state index in [0.29, 0.717) is 6.61 Å². The van der Waals surface area contributed by atoms with Gasteiger partial charge in [-0.15, -0.1) is 11.3 Å². The van der Waals surface area contributed by atoms with Gasteiger partial charge in [-0.25, -0.2) is 4.98 Å². The van der Waals surface area contributed by atoms with E-state index >= 15 is 0 Å². The quantitative estimate of drug-likeness (QED) is 0.788. The number of fused-ring (bicyclic) bond motifs is 1. The first kappa shape index (κ1) is 13.8. The lowest BCUT2D eigenvalue weighted by atomic mass is 10.2. The van der Waals surface area contributed by atoms with Crippen LogP contribution in [-0.2, 0) is 9.53 Å². The van der Waals surface area contributed by atoms with Crippen LogP contribution < -0.4 is 4.90 Å². The Labute approximate surface area is 117 Å². The van der Waals surface area contributed by atoms with E-state index < -0.39 is 0 Å². The number of carbonyl (C=O) groups excluding carboxylic acids is 1. The molecule has 2 aromatic rings. The van der Waals surface area contributed by atoms with Crippen molar-refractivity contribution in [1.82, 2.24) is 4.98 Å². The maximum absolute atomic E-state index is 11.7. The van der Waals surface area contributed by atoms with Crippen LogP contribution in [0.4, 0.5) is 5.82 Å². The number of anilines is 1. The molecule has 0 unspecified atom stereocenters. The maximum atomic E-state index is 11.7. The van der Waals surface area contributed by atoms with Crippen LogP contribution in [0.2, 0.25) is 0 Å². The second-order valence-corrected chi connectivity index (χ2v) is 5.44. The van der Waals surface area contributed by atoms with Crippen molar-refractivity contribution in [2.45, 2.75) is 26.8 Å². The maximum Gasteiger partial charge on any atom is 0.325 e. The molecular formula is C14H18N2O2S. The number of hydrogen-bond donors (Lipinski definition) is 0. The number of esters is 1. The van der Waals surface area contributed by atoms with Gasteiger partial charge in [0.2, 0.25) is 0 Å². The van der Waals surface area contributed by atoms with E-state index in [2.05, 4.69) is 4.98 Å². The van der Waals surface area contributed by atoms with E-state index in [1.165, 1.54) is 4.70 Å². The number of thiophene rings is 1. The van der Waals surface area contributed by atoms with Crippen molar-refractivity contribution in [3.63, 3.8) is 0 Å². The average Bonchev–Trinajstić information content (AvgIpc) is 2.84. The van der Waals surface area contributed by atoms with E-state index in [4.69, 9.17) is 4.74 Å². The zero-order valence-corrected chi connectivity index (χ0v) is 12.2. The van der Waals surface area contributed by atoms with Crippen LogP contribution in [0, 0.1) is 0 Å². The minimum absolute atomic E-state index is 0.183. The molecule has 0 saturated heterocycles. The summed E-state index contributed by atoms with van der Waals surface area (Å²) in [6, 6.07) is 4.22. The van der Waals surface area contributed by atoms with E-state index in [1.54, 1.807) is 17.5 Å². The molecule has 0 spiro atoms. The topological polar surface area (TPSA) is 42.4 Å². The highest BCUT2D eigenvalue weighted by molar-refractivity contribution is 7.17. The highest BCUT2D eigenvalue weighted by atomic mass is 32.1.